The molecule has 0 spiro atoms. The van der Waals surface area contributed by atoms with Gasteiger partial charge in [-0.2, -0.15) is 0 Å². The van der Waals surface area contributed by atoms with Crippen LogP contribution in [0.1, 0.15) is 62.3 Å². The number of hydrogen-bond acceptors (Lipinski definition) is 10. The van der Waals surface area contributed by atoms with Crippen molar-refractivity contribution >= 4 is 62.5 Å². The summed E-state index contributed by atoms with van der Waals surface area (Å²) in [7, 11) is 0. The molecule has 0 bridgehead atoms. The van der Waals surface area contributed by atoms with Crippen LogP contribution in [0.2, 0.25) is 5.15 Å². The number of anilines is 1. The average Bonchev–Trinajstić information content (AvgIpc) is 3.71. The maximum Gasteiger partial charge on any atom is 0.171 e. The summed E-state index contributed by atoms with van der Waals surface area (Å²) in [6, 6.07) is 7.39. The molecule has 6 aromatic heterocycles. The van der Waals surface area contributed by atoms with Crippen LogP contribution in [0.4, 0.5) is 5.82 Å². The van der Waals surface area contributed by atoms with E-state index in [1.54, 1.807) is 49.3 Å². The van der Waals surface area contributed by atoms with Crippen LogP contribution in [0.5, 0.6) is 0 Å². The lowest BCUT2D eigenvalue weighted by atomic mass is 9.87. The van der Waals surface area contributed by atoms with Crippen molar-refractivity contribution in [3.8, 4) is 22.5 Å². The second-order valence-electron chi connectivity index (χ2n) is 14.1. The number of rotatable bonds is 5. The third-order valence-corrected chi connectivity index (χ3v) is 9.66. The first kappa shape index (κ1) is 35.1. The maximum absolute atomic E-state index is 12.7. The molecule has 1 saturated heterocycles. The molecule has 14 heteroatoms. The Morgan fingerprint density at radius 2 is 1.24 bits per heavy atom. The molecule has 2 N–H and O–H groups in total. The molecule has 1 aliphatic rings. The summed E-state index contributed by atoms with van der Waals surface area (Å²) in [5.41, 5.74) is 5.54. The lowest BCUT2D eigenvalue weighted by Crippen LogP contribution is -2.40. The number of H-pyrrole nitrogens is 2. The molecular weight excluding hydrogens is 674 g/mol. The fraction of sp³-hybridized carbons (Fsp3) is 0.333. The fourth-order valence-electron chi connectivity index (χ4n) is 5.39. The molecule has 6 aromatic rings. The Balaban J connectivity index is 0.000000178. The van der Waals surface area contributed by atoms with Gasteiger partial charge < -0.3 is 19.4 Å². The van der Waals surface area contributed by atoms with Gasteiger partial charge in [-0.25, -0.2) is 29.9 Å². The van der Waals surface area contributed by atoms with Gasteiger partial charge in [0.15, 0.2) is 22.9 Å². The van der Waals surface area contributed by atoms with Crippen molar-refractivity contribution in [2.75, 3.05) is 29.5 Å². The van der Waals surface area contributed by atoms with Crippen LogP contribution in [0, 0.1) is 10.8 Å². The number of aromatic nitrogens is 8. The molecular formula is C36H38ClN9O3S. The minimum Gasteiger partial charge on any atom is -0.616 e. The number of fused-ring (bicyclic) bond motifs is 2. The van der Waals surface area contributed by atoms with E-state index in [0.717, 1.165) is 30.0 Å². The Hall–Kier alpha value is -4.72. The van der Waals surface area contributed by atoms with Crippen LogP contribution in [0.15, 0.2) is 61.4 Å². The Bertz CT molecular complexity index is 2200. The molecule has 1 fully saturated rings. The number of nitrogens with zero attached hydrogens (tertiary/aromatic N) is 7. The Morgan fingerprint density at radius 1 is 0.760 bits per heavy atom. The molecule has 258 valence electrons. The van der Waals surface area contributed by atoms with Crippen molar-refractivity contribution in [1.82, 2.24) is 39.9 Å². The van der Waals surface area contributed by atoms with Crippen molar-refractivity contribution in [1.29, 1.82) is 0 Å². The number of carbonyl (C=O) groups is 2. The molecule has 1 aliphatic heterocycles. The third kappa shape index (κ3) is 7.54. The first-order chi connectivity index (χ1) is 23.7. The van der Waals surface area contributed by atoms with Gasteiger partial charge in [-0.15, -0.1) is 0 Å². The number of Topliss-reactive ketones (excluding diaryl/α,β-unsaturated/α-hetero) is 2. The minimum atomic E-state index is -0.729. The van der Waals surface area contributed by atoms with Crippen LogP contribution in [0.3, 0.4) is 0 Å². The second kappa shape index (κ2) is 13.9. The van der Waals surface area contributed by atoms with E-state index >= 15 is 0 Å². The van der Waals surface area contributed by atoms with E-state index in [1.807, 2.05) is 53.7 Å². The van der Waals surface area contributed by atoms with Gasteiger partial charge in [-0.1, -0.05) is 64.3 Å². The van der Waals surface area contributed by atoms with Gasteiger partial charge >= 0.3 is 0 Å². The molecule has 0 amide bonds. The highest BCUT2D eigenvalue weighted by Crippen LogP contribution is 2.29. The van der Waals surface area contributed by atoms with E-state index in [-0.39, 0.29) is 11.6 Å². The first-order valence-corrected chi connectivity index (χ1v) is 18.0. The third-order valence-electron chi connectivity index (χ3n) is 8.18. The number of halogens is 1. The van der Waals surface area contributed by atoms with E-state index in [4.69, 9.17) is 16.6 Å². The highest BCUT2D eigenvalue weighted by molar-refractivity contribution is 7.91. The predicted molar refractivity (Wildman–Crippen MR) is 197 cm³/mol. The first-order valence-electron chi connectivity index (χ1n) is 16.1. The van der Waals surface area contributed by atoms with Gasteiger partial charge in [0.2, 0.25) is 0 Å². The number of pyridine rings is 2. The quantitative estimate of drug-likeness (QED) is 0.111. The molecule has 7 rings (SSSR count). The van der Waals surface area contributed by atoms with Crippen LogP contribution in [-0.4, -0.2) is 80.6 Å². The van der Waals surface area contributed by atoms with Gasteiger partial charge in [-0.3, -0.25) is 9.59 Å². The van der Waals surface area contributed by atoms with Gasteiger partial charge in [0, 0.05) is 46.7 Å². The van der Waals surface area contributed by atoms with Crippen molar-refractivity contribution < 1.29 is 14.1 Å². The molecule has 0 saturated carbocycles. The Kier molecular flexibility index (Phi) is 9.75. The van der Waals surface area contributed by atoms with Crippen molar-refractivity contribution in [2.45, 2.75) is 41.5 Å². The van der Waals surface area contributed by atoms with E-state index in [2.05, 4.69) is 39.8 Å². The Morgan fingerprint density at radius 3 is 1.72 bits per heavy atom. The molecule has 0 radical (unpaired) electrons. The van der Waals surface area contributed by atoms with E-state index in [9.17, 15) is 14.1 Å². The average molecular weight is 712 g/mol. The zero-order valence-electron chi connectivity index (χ0n) is 28.7. The summed E-state index contributed by atoms with van der Waals surface area (Å²) < 4.78 is 11.6. The SMILES string of the molecule is CC(C)(C)C(=O)c1c[nH]c2ncc(-c3ccnc(Cl)c3)nc12.CC(C)(C)C(=O)c1c[nH]c2ncc(-c3ccnc(N4CC[S+]([O-])CC4)c3)nc12. The normalized spacial score (nSPS) is 14.1. The minimum absolute atomic E-state index is 0.0259. The summed E-state index contributed by atoms with van der Waals surface area (Å²) in [5.74, 6) is 2.23. The van der Waals surface area contributed by atoms with Crippen molar-refractivity contribution in [2.24, 2.45) is 10.8 Å². The molecule has 0 aliphatic carbocycles. The zero-order valence-corrected chi connectivity index (χ0v) is 30.3. The molecule has 50 heavy (non-hydrogen) atoms. The van der Waals surface area contributed by atoms with Crippen molar-refractivity contribution in [3.63, 3.8) is 0 Å². The van der Waals surface area contributed by atoms with Crippen LogP contribution in [-0.2, 0) is 11.2 Å². The molecule has 12 nitrogen and oxygen atoms in total. The lowest BCUT2D eigenvalue weighted by molar-refractivity contribution is 0.0854. The van der Waals surface area contributed by atoms with E-state index in [0.29, 0.717) is 61.5 Å². The van der Waals surface area contributed by atoms with Crippen molar-refractivity contribution in [3.05, 3.63) is 77.7 Å². The number of carbonyl (C=O) groups excluding carboxylic acids is 2. The number of ketones is 2. The topological polar surface area (TPSA) is 169 Å². The summed E-state index contributed by atoms with van der Waals surface area (Å²) in [4.78, 5) is 60.0. The summed E-state index contributed by atoms with van der Waals surface area (Å²) in [5, 5.41) is 0.388. The second-order valence-corrected chi connectivity index (χ2v) is 16.2. The fourth-order valence-corrected chi connectivity index (χ4v) is 6.62. The van der Waals surface area contributed by atoms with Crippen LogP contribution >= 0.6 is 11.6 Å². The van der Waals surface area contributed by atoms with Gasteiger partial charge in [-0.05, 0) is 24.3 Å². The smallest absolute Gasteiger partial charge is 0.171 e. The molecule has 7 heterocycles. The summed E-state index contributed by atoms with van der Waals surface area (Å²) in [6.45, 7) is 12.8. The number of aromatic amines is 2. The zero-order chi connectivity index (χ0) is 35.8. The highest BCUT2D eigenvalue weighted by atomic mass is 35.5. The summed E-state index contributed by atoms with van der Waals surface area (Å²) in [6.07, 6.45) is 10.1. The number of hydrogen-bond donors (Lipinski definition) is 2. The number of nitrogens with one attached hydrogen (secondary N) is 2. The Labute approximate surface area is 297 Å². The van der Waals surface area contributed by atoms with E-state index < -0.39 is 22.0 Å². The summed E-state index contributed by atoms with van der Waals surface area (Å²) >= 11 is 5.18. The molecule has 0 unspecified atom stereocenters. The molecule has 0 aromatic carbocycles. The standard InChI is InChI=1S/C20H23N5O2S.C16H15ClN4O/c1-20(2,3)18(26)14-11-22-19-17(14)24-15(12-23-19)13-4-5-21-16(10-13)25-6-8-28(27)9-7-25;1-16(2,3)14(22)10-7-19-15-13(10)21-11(8-20-15)9-4-5-18-12(17)6-9/h4-5,10-12H,6-9H2,1-3H3,(H,22,23);4-8H,1-3H3,(H,19,20). The lowest BCUT2D eigenvalue weighted by Gasteiger charge is -2.29. The van der Waals surface area contributed by atoms with Crippen LogP contribution in [0.25, 0.3) is 44.8 Å². The maximum atomic E-state index is 12.7. The predicted octanol–water partition coefficient (Wildman–Crippen LogP) is 6.72. The monoisotopic (exact) mass is 711 g/mol. The largest absolute Gasteiger partial charge is 0.616 e. The van der Waals surface area contributed by atoms with Gasteiger partial charge in [0.05, 0.1) is 48.0 Å². The molecule has 0 atom stereocenters. The van der Waals surface area contributed by atoms with E-state index in [1.165, 1.54) is 0 Å². The van der Waals surface area contributed by atoms with Gasteiger partial charge in [0.25, 0.3) is 0 Å². The van der Waals surface area contributed by atoms with Crippen LogP contribution < -0.4 is 4.90 Å². The van der Waals surface area contributed by atoms with Gasteiger partial charge in [0.1, 0.15) is 33.5 Å². The highest BCUT2D eigenvalue weighted by Gasteiger charge is 2.28.